The fourth-order valence-corrected chi connectivity index (χ4v) is 1.85. The van der Waals surface area contributed by atoms with Crippen molar-refractivity contribution in [2.45, 2.75) is 46.1 Å². The van der Waals surface area contributed by atoms with Crippen LogP contribution in [0.4, 0.5) is 0 Å². The Hall–Kier alpha value is 0.0600. The molecule has 2 unspecified atom stereocenters. The van der Waals surface area contributed by atoms with Crippen LogP contribution in [0.2, 0.25) is 0 Å². The maximum Gasteiger partial charge on any atom is 0.508 e. The standard InChI is InChI=1S/C8H18O2P/c1-4-6-7-11(9)10-8(3)5-2/h8H,4-7H2,1-3H3/q+1. The molecule has 0 saturated heterocycles. The van der Waals surface area contributed by atoms with E-state index in [1.807, 2.05) is 13.8 Å². The first-order valence-electron chi connectivity index (χ1n) is 4.32. The SMILES string of the molecule is CCCC[P+](=O)OC(C)CC. The van der Waals surface area contributed by atoms with Gasteiger partial charge in [-0.1, -0.05) is 20.3 Å². The fraction of sp³-hybridized carbons (Fsp3) is 1.00. The van der Waals surface area contributed by atoms with E-state index in [-0.39, 0.29) is 6.10 Å². The van der Waals surface area contributed by atoms with Crippen LogP contribution >= 0.6 is 8.03 Å². The van der Waals surface area contributed by atoms with E-state index in [4.69, 9.17) is 4.52 Å². The Morgan fingerprint density at radius 3 is 2.55 bits per heavy atom. The van der Waals surface area contributed by atoms with E-state index in [1.54, 1.807) is 0 Å². The molecule has 3 heteroatoms. The third kappa shape index (κ3) is 6.46. The normalized spacial score (nSPS) is 14.6. The van der Waals surface area contributed by atoms with Crippen molar-refractivity contribution in [1.82, 2.24) is 0 Å². The van der Waals surface area contributed by atoms with Gasteiger partial charge in [0, 0.05) is 0 Å². The minimum atomic E-state index is -1.38. The van der Waals surface area contributed by atoms with Gasteiger partial charge in [-0.3, -0.25) is 0 Å². The maximum atomic E-state index is 11.1. The van der Waals surface area contributed by atoms with Gasteiger partial charge in [0.1, 0.15) is 6.10 Å². The lowest BCUT2D eigenvalue weighted by Crippen LogP contribution is -2.00. The Morgan fingerprint density at radius 2 is 2.09 bits per heavy atom. The molecule has 0 aromatic carbocycles. The van der Waals surface area contributed by atoms with Crippen LogP contribution in [0.15, 0.2) is 0 Å². The van der Waals surface area contributed by atoms with Crippen LogP contribution < -0.4 is 0 Å². The summed E-state index contributed by atoms with van der Waals surface area (Å²) < 4.78 is 16.3. The highest BCUT2D eigenvalue weighted by Gasteiger charge is 2.19. The summed E-state index contributed by atoms with van der Waals surface area (Å²) in [7, 11) is -1.38. The van der Waals surface area contributed by atoms with Gasteiger partial charge in [0.25, 0.3) is 0 Å². The highest BCUT2D eigenvalue weighted by molar-refractivity contribution is 7.39. The molecule has 0 aliphatic rings. The quantitative estimate of drug-likeness (QED) is 0.581. The van der Waals surface area contributed by atoms with E-state index in [1.165, 1.54) is 0 Å². The van der Waals surface area contributed by atoms with Crippen LogP contribution in [0.25, 0.3) is 0 Å². The van der Waals surface area contributed by atoms with E-state index in [9.17, 15) is 4.57 Å². The Balaban J connectivity index is 3.36. The predicted molar refractivity (Wildman–Crippen MR) is 48.2 cm³/mol. The first-order chi connectivity index (χ1) is 5.20. The first-order valence-corrected chi connectivity index (χ1v) is 5.68. The molecule has 0 rings (SSSR count). The molecule has 0 N–H and O–H groups in total. The molecule has 0 radical (unpaired) electrons. The van der Waals surface area contributed by atoms with Crippen molar-refractivity contribution in [3.8, 4) is 0 Å². The Bertz CT molecular complexity index is 115. The molecule has 11 heavy (non-hydrogen) atoms. The molecular weight excluding hydrogens is 159 g/mol. The topological polar surface area (TPSA) is 26.3 Å². The average molecular weight is 177 g/mol. The lowest BCUT2D eigenvalue weighted by atomic mass is 10.3. The summed E-state index contributed by atoms with van der Waals surface area (Å²) in [5, 5.41) is 0. The highest BCUT2D eigenvalue weighted by Crippen LogP contribution is 2.26. The summed E-state index contributed by atoms with van der Waals surface area (Å²) >= 11 is 0. The van der Waals surface area contributed by atoms with Crippen LogP contribution in [0.3, 0.4) is 0 Å². The van der Waals surface area contributed by atoms with E-state index in [2.05, 4.69) is 6.92 Å². The molecule has 0 amide bonds. The van der Waals surface area contributed by atoms with Crippen molar-refractivity contribution in [3.63, 3.8) is 0 Å². The van der Waals surface area contributed by atoms with Crippen LogP contribution in [-0.4, -0.2) is 12.3 Å². The molecule has 0 aliphatic heterocycles. The molecule has 2 nitrogen and oxygen atoms in total. The zero-order valence-electron chi connectivity index (χ0n) is 7.67. The summed E-state index contributed by atoms with van der Waals surface area (Å²) in [6.07, 6.45) is 3.90. The van der Waals surface area contributed by atoms with Gasteiger partial charge in [-0.2, -0.15) is 0 Å². The Labute approximate surface area is 70.2 Å². The third-order valence-corrected chi connectivity index (χ3v) is 2.84. The zero-order chi connectivity index (χ0) is 8.69. The molecule has 0 aliphatic carbocycles. The molecular formula is C8H18O2P+. The van der Waals surface area contributed by atoms with Gasteiger partial charge in [-0.05, 0) is 24.3 Å². The molecule has 0 bridgehead atoms. The predicted octanol–water partition coefficient (Wildman–Crippen LogP) is 3.34. The average Bonchev–Trinajstić information content (AvgIpc) is 2.00. The van der Waals surface area contributed by atoms with Gasteiger partial charge in [0.05, 0.1) is 0 Å². The van der Waals surface area contributed by atoms with Crippen molar-refractivity contribution < 1.29 is 9.09 Å². The summed E-state index contributed by atoms with van der Waals surface area (Å²) in [5.41, 5.74) is 0. The molecule has 0 fully saturated rings. The second-order valence-corrected chi connectivity index (χ2v) is 4.06. The monoisotopic (exact) mass is 177 g/mol. The van der Waals surface area contributed by atoms with Gasteiger partial charge >= 0.3 is 8.03 Å². The summed E-state index contributed by atoms with van der Waals surface area (Å²) in [6, 6.07) is 0. The summed E-state index contributed by atoms with van der Waals surface area (Å²) in [5.74, 6) is 0. The molecule has 0 saturated carbocycles. The second-order valence-electron chi connectivity index (χ2n) is 2.73. The van der Waals surface area contributed by atoms with Crippen LogP contribution in [0.5, 0.6) is 0 Å². The van der Waals surface area contributed by atoms with Crippen molar-refractivity contribution in [2.75, 3.05) is 6.16 Å². The molecule has 2 atom stereocenters. The number of rotatable bonds is 6. The number of unbranched alkanes of at least 4 members (excludes halogenated alkanes) is 1. The van der Waals surface area contributed by atoms with Crippen LogP contribution in [0, 0.1) is 0 Å². The smallest absolute Gasteiger partial charge is 0.143 e. The molecule has 0 aromatic rings. The van der Waals surface area contributed by atoms with Gasteiger partial charge in [0.2, 0.25) is 0 Å². The van der Waals surface area contributed by atoms with Gasteiger partial charge < -0.3 is 0 Å². The van der Waals surface area contributed by atoms with E-state index >= 15 is 0 Å². The number of hydrogen-bond donors (Lipinski definition) is 0. The first kappa shape index (κ1) is 11.1. The van der Waals surface area contributed by atoms with Gasteiger partial charge in [-0.15, -0.1) is 4.52 Å². The van der Waals surface area contributed by atoms with Crippen LogP contribution in [0.1, 0.15) is 40.0 Å². The summed E-state index contributed by atoms with van der Waals surface area (Å²) in [4.78, 5) is 0. The largest absolute Gasteiger partial charge is 0.508 e. The number of hydrogen-bond acceptors (Lipinski definition) is 2. The Morgan fingerprint density at radius 1 is 1.45 bits per heavy atom. The fourth-order valence-electron chi connectivity index (χ4n) is 0.615. The molecule has 0 aromatic heterocycles. The van der Waals surface area contributed by atoms with Crippen molar-refractivity contribution in [3.05, 3.63) is 0 Å². The van der Waals surface area contributed by atoms with Gasteiger partial charge in [0.15, 0.2) is 6.16 Å². The van der Waals surface area contributed by atoms with E-state index in [0.29, 0.717) is 0 Å². The van der Waals surface area contributed by atoms with E-state index < -0.39 is 8.03 Å². The zero-order valence-corrected chi connectivity index (χ0v) is 8.56. The lowest BCUT2D eigenvalue weighted by Gasteiger charge is -1.97. The Kier molecular flexibility index (Phi) is 6.79. The minimum absolute atomic E-state index is 0.149. The molecule has 66 valence electrons. The van der Waals surface area contributed by atoms with Crippen molar-refractivity contribution in [1.29, 1.82) is 0 Å². The van der Waals surface area contributed by atoms with E-state index in [0.717, 1.165) is 25.4 Å². The van der Waals surface area contributed by atoms with Crippen molar-refractivity contribution in [2.24, 2.45) is 0 Å². The van der Waals surface area contributed by atoms with Gasteiger partial charge in [-0.25, -0.2) is 0 Å². The van der Waals surface area contributed by atoms with Crippen LogP contribution in [-0.2, 0) is 9.09 Å². The molecule has 0 heterocycles. The highest BCUT2D eigenvalue weighted by atomic mass is 31.1. The third-order valence-electron chi connectivity index (χ3n) is 1.57. The maximum absolute atomic E-state index is 11.1. The molecule has 0 spiro atoms. The minimum Gasteiger partial charge on any atom is -0.143 e. The summed E-state index contributed by atoms with van der Waals surface area (Å²) in [6.45, 7) is 6.08. The second kappa shape index (κ2) is 6.75. The lowest BCUT2D eigenvalue weighted by molar-refractivity contribution is 0.230. The van der Waals surface area contributed by atoms with Crippen molar-refractivity contribution >= 4 is 8.03 Å².